The first-order chi connectivity index (χ1) is 13.6. The number of rotatable bonds is 4. The summed E-state index contributed by atoms with van der Waals surface area (Å²) in [6, 6.07) is 12.4. The van der Waals surface area contributed by atoms with E-state index in [1.54, 1.807) is 14.2 Å². The number of anilines is 1. The van der Waals surface area contributed by atoms with Crippen LogP contribution in [0.25, 0.3) is 16.9 Å². The lowest BCUT2D eigenvalue weighted by molar-refractivity contribution is 0.394. The van der Waals surface area contributed by atoms with Gasteiger partial charge in [-0.1, -0.05) is 6.07 Å². The highest BCUT2D eigenvalue weighted by atomic mass is 16.5. The predicted octanol–water partition coefficient (Wildman–Crippen LogP) is 4.92. The van der Waals surface area contributed by atoms with E-state index in [-0.39, 0.29) is 0 Å². The fourth-order valence-electron chi connectivity index (χ4n) is 3.72. The van der Waals surface area contributed by atoms with E-state index in [9.17, 15) is 0 Å². The Morgan fingerprint density at radius 2 is 1.68 bits per heavy atom. The van der Waals surface area contributed by atoms with Crippen LogP contribution in [0.2, 0.25) is 0 Å². The van der Waals surface area contributed by atoms with Gasteiger partial charge in [0.2, 0.25) is 0 Å². The Kier molecular flexibility index (Phi) is 4.99. The summed E-state index contributed by atoms with van der Waals surface area (Å²) in [7, 11) is 3.35. The molecule has 1 aromatic heterocycles. The van der Waals surface area contributed by atoms with Crippen molar-refractivity contribution in [2.75, 3.05) is 26.1 Å². The summed E-state index contributed by atoms with van der Waals surface area (Å²) in [5, 5.41) is 8.65. The first-order valence-electron chi connectivity index (χ1n) is 9.77. The van der Waals surface area contributed by atoms with Gasteiger partial charge in [-0.3, -0.25) is 0 Å². The summed E-state index contributed by atoms with van der Waals surface area (Å²) in [5.41, 5.74) is 6.88. The van der Waals surface area contributed by atoms with E-state index in [1.807, 2.05) is 22.9 Å². The minimum atomic E-state index is 0.769. The van der Waals surface area contributed by atoms with Crippen LogP contribution in [0.4, 0.5) is 5.82 Å². The van der Waals surface area contributed by atoms with E-state index in [0.717, 1.165) is 60.1 Å². The third-order valence-corrected chi connectivity index (χ3v) is 5.49. The first kappa shape index (κ1) is 18.4. The van der Waals surface area contributed by atoms with Crippen LogP contribution in [0.5, 0.6) is 11.5 Å². The molecule has 5 nitrogen and oxygen atoms in total. The van der Waals surface area contributed by atoms with Crippen LogP contribution in [0.1, 0.15) is 29.5 Å². The second-order valence-electron chi connectivity index (χ2n) is 7.34. The molecule has 4 rings (SSSR count). The number of nitrogens with zero attached hydrogens (tertiary/aromatic N) is 2. The molecule has 1 N–H and O–H groups in total. The summed E-state index contributed by atoms with van der Waals surface area (Å²) < 4.78 is 13.0. The van der Waals surface area contributed by atoms with Gasteiger partial charge in [0, 0.05) is 23.7 Å². The van der Waals surface area contributed by atoms with Gasteiger partial charge in [0.1, 0.15) is 17.3 Å². The van der Waals surface area contributed by atoms with Gasteiger partial charge >= 0.3 is 0 Å². The van der Waals surface area contributed by atoms with Crippen molar-refractivity contribution < 1.29 is 9.47 Å². The fourth-order valence-corrected chi connectivity index (χ4v) is 3.72. The van der Waals surface area contributed by atoms with Crippen LogP contribution in [0, 0.1) is 13.8 Å². The summed E-state index contributed by atoms with van der Waals surface area (Å²) in [6.07, 6.45) is 3.30. The van der Waals surface area contributed by atoms with Gasteiger partial charge in [0.25, 0.3) is 0 Å². The van der Waals surface area contributed by atoms with Crippen molar-refractivity contribution >= 4 is 5.82 Å². The molecule has 1 aliphatic heterocycles. The fraction of sp³-hybridized carbons (Fsp3) is 0.348. The van der Waals surface area contributed by atoms with Crippen molar-refractivity contribution in [1.29, 1.82) is 0 Å². The average Bonchev–Trinajstić information content (AvgIpc) is 2.90. The van der Waals surface area contributed by atoms with Crippen molar-refractivity contribution in [2.45, 2.75) is 33.1 Å². The zero-order valence-corrected chi connectivity index (χ0v) is 17.0. The molecule has 2 heterocycles. The summed E-state index contributed by atoms with van der Waals surface area (Å²) in [5.74, 6) is 2.63. The molecule has 0 bridgehead atoms. The lowest BCUT2D eigenvalue weighted by Gasteiger charge is -2.10. The number of ether oxygens (including phenoxy) is 2. The van der Waals surface area contributed by atoms with Crippen molar-refractivity contribution in [3.05, 3.63) is 53.1 Å². The molecule has 0 spiro atoms. The van der Waals surface area contributed by atoms with Gasteiger partial charge in [0.05, 0.1) is 25.6 Å². The van der Waals surface area contributed by atoms with Gasteiger partial charge in [0.15, 0.2) is 0 Å². The van der Waals surface area contributed by atoms with Crippen LogP contribution in [-0.4, -0.2) is 30.5 Å². The summed E-state index contributed by atoms with van der Waals surface area (Å²) in [6.45, 7) is 5.24. The van der Waals surface area contributed by atoms with E-state index in [4.69, 9.17) is 14.6 Å². The number of fused-ring (bicyclic) bond motifs is 1. The van der Waals surface area contributed by atoms with Crippen molar-refractivity contribution in [2.24, 2.45) is 0 Å². The molecular weight excluding hydrogens is 350 g/mol. The molecule has 0 saturated carbocycles. The smallest absolute Gasteiger partial charge is 0.133 e. The Morgan fingerprint density at radius 3 is 2.36 bits per heavy atom. The zero-order valence-electron chi connectivity index (χ0n) is 17.0. The molecule has 3 aromatic rings. The number of aryl methyl sites for hydroxylation is 2. The molecule has 146 valence electrons. The van der Waals surface area contributed by atoms with Crippen LogP contribution in [0.15, 0.2) is 36.4 Å². The van der Waals surface area contributed by atoms with Gasteiger partial charge in [-0.2, -0.15) is 5.10 Å². The average molecular weight is 377 g/mol. The number of hydrogen-bond acceptors (Lipinski definition) is 4. The van der Waals surface area contributed by atoms with E-state index < -0.39 is 0 Å². The highest BCUT2D eigenvalue weighted by Crippen LogP contribution is 2.37. The van der Waals surface area contributed by atoms with E-state index in [0.29, 0.717) is 0 Å². The highest BCUT2D eigenvalue weighted by molar-refractivity contribution is 5.73. The monoisotopic (exact) mass is 377 g/mol. The van der Waals surface area contributed by atoms with E-state index >= 15 is 0 Å². The third-order valence-electron chi connectivity index (χ3n) is 5.49. The van der Waals surface area contributed by atoms with E-state index in [2.05, 4.69) is 37.4 Å². The summed E-state index contributed by atoms with van der Waals surface area (Å²) in [4.78, 5) is 0. The topological polar surface area (TPSA) is 48.3 Å². The van der Waals surface area contributed by atoms with Gasteiger partial charge in [-0.25, -0.2) is 4.68 Å². The van der Waals surface area contributed by atoms with E-state index in [1.165, 1.54) is 16.7 Å². The lowest BCUT2D eigenvalue weighted by Crippen LogP contribution is -2.07. The molecular formula is C23H27N3O2. The number of benzene rings is 2. The number of methoxy groups -OCH3 is 2. The number of aromatic nitrogens is 2. The quantitative estimate of drug-likeness (QED) is 0.701. The molecule has 0 radical (unpaired) electrons. The maximum absolute atomic E-state index is 5.48. The van der Waals surface area contributed by atoms with Gasteiger partial charge in [-0.15, -0.1) is 0 Å². The largest absolute Gasteiger partial charge is 0.497 e. The molecule has 0 atom stereocenters. The van der Waals surface area contributed by atoms with Crippen LogP contribution >= 0.6 is 0 Å². The lowest BCUT2D eigenvalue weighted by atomic mass is 10.0. The third kappa shape index (κ3) is 3.33. The minimum absolute atomic E-state index is 0.769. The van der Waals surface area contributed by atoms with Crippen LogP contribution in [0.3, 0.4) is 0 Å². The van der Waals surface area contributed by atoms with Crippen LogP contribution < -0.4 is 14.8 Å². The SMILES string of the molecule is COc1cc(OC)cc(-c2nn(-c3ccc(C)c(C)c3)c3c2CCCCN3)c1. The molecule has 0 unspecified atom stereocenters. The standard InChI is InChI=1S/C23H27N3O2/c1-15-8-9-18(11-16(15)2)26-23-21(7-5-6-10-24-23)22(25-26)17-12-19(27-3)14-20(13-17)28-4/h8-9,11-14,24H,5-7,10H2,1-4H3. The Labute approximate surface area is 166 Å². The van der Waals surface area contributed by atoms with Crippen molar-refractivity contribution in [3.63, 3.8) is 0 Å². The molecule has 0 fully saturated rings. The maximum Gasteiger partial charge on any atom is 0.133 e. The number of nitrogens with one attached hydrogen (secondary N) is 1. The predicted molar refractivity (Wildman–Crippen MR) is 113 cm³/mol. The van der Waals surface area contributed by atoms with Crippen molar-refractivity contribution in [3.8, 4) is 28.4 Å². The maximum atomic E-state index is 5.48. The Hall–Kier alpha value is -2.95. The second kappa shape index (κ2) is 7.58. The second-order valence-corrected chi connectivity index (χ2v) is 7.34. The highest BCUT2D eigenvalue weighted by Gasteiger charge is 2.22. The molecule has 28 heavy (non-hydrogen) atoms. The molecule has 2 aromatic carbocycles. The molecule has 1 aliphatic rings. The molecule has 0 amide bonds. The molecule has 0 saturated heterocycles. The molecule has 0 aliphatic carbocycles. The van der Waals surface area contributed by atoms with Gasteiger partial charge < -0.3 is 14.8 Å². The van der Waals surface area contributed by atoms with Gasteiger partial charge in [-0.05, 0) is 68.5 Å². The molecule has 5 heteroatoms. The van der Waals surface area contributed by atoms with Crippen molar-refractivity contribution in [1.82, 2.24) is 9.78 Å². The number of hydrogen-bond donors (Lipinski definition) is 1. The summed E-state index contributed by atoms with van der Waals surface area (Å²) >= 11 is 0. The minimum Gasteiger partial charge on any atom is -0.497 e. The Morgan fingerprint density at radius 1 is 0.929 bits per heavy atom. The first-order valence-corrected chi connectivity index (χ1v) is 9.77. The normalized spacial score (nSPS) is 13.4. The zero-order chi connectivity index (χ0) is 19.7. The Balaban J connectivity index is 1.91. The van der Waals surface area contributed by atoms with Crippen LogP contribution in [-0.2, 0) is 6.42 Å². The Bertz CT molecular complexity index is 985.